The molecule has 0 unspecified atom stereocenters. The third-order valence-electron chi connectivity index (χ3n) is 3.26. The first-order valence-corrected chi connectivity index (χ1v) is 9.06. The number of carbonyl (C=O) groups excluding carboxylic acids is 1. The standard InChI is InChI=1S/C14H12N2O3S2Se/c1-2-15-8-5-3-4-6-9(8)20-13(15)11-12(19)16(7-10(17)18)14(22)21-11/h3-6H,2,7H2,1H3,(H,17,18)/b13-11+. The van der Waals surface area contributed by atoms with Gasteiger partial charge in [-0.05, 0) is 0 Å². The number of anilines is 1. The molecular formula is C14H12N2O3S2Se. The van der Waals surface area contributed by atoms with Gasteiger partial charge in [0.15, 0.2) is 0 Å². The summed E-state index contributed by atoms with van der Waals surface area (Å²) < 4.78 is 0.586. The van der Waals surface area contributed by atoms with E-state index in [4.69, 9.17) is 5.11 Å². The van der Waals surface area contributed by atoms with Crippen molar-refractivity contribution in [2.24, 2.45) is 0 Å². The van der Waals surface area contributed by atoms with Crippen molar-refractivity contribution in [1.82, 2.24) is 4.90 Å². The second-order valence-corrected chi connectivity index (χ2v) is 8.03. The molecule has 0 atom stereocenters. The van der Waals surface area contributed by atoms with Crippen LogP contribution in [0.5, 0.6) is 0 Å². The van der Waals surface area contributed by atoms with E-state index in [2.05, 4.69) is 20.5 Å². The number of carbonyl (C=O) groups is 2. The van der Waals surface area contributed by atoms with Gasteiger partial charge >= 0.3 is 144 Å². The minimum atomic E-state index is -1.03. The van der Waals surface area contributed by atoms with Crippen molar-refractivity contribution in [3.8, 4) is 0 Å². The first kappa shape index (κ1) is 15.7. The van der Waals surface area contributed by atoms with Gasteiger partial charge in [-0.3, -0.25) is 0 Å². The molecular weight excluding hydrogens is 387 g/mol. The molecule has 2 aliphatic rings. The summed E-state index contributed by atoms with van der Waals surface area (Å²) in [5.74, 6) is -1.28. The number of carboxylic acids is 1. The first-order valence-electron chi connectivity index (χ1n) is 6.57. The van der Waals surface area contributed by atoms with Gasteiger partial charge in [0.05, 0.1) is 0 Å². The summed E-state index contributed by atoms with van der Waals surface area (Å²) in [6.07, 6.45) is 0. The van der Waals surface area contributed by atoms with E-state index in [-0.39, 0.29) is 12.5 Å². The van der Waals surface area contributed by atoms with Crippen LogP contribution in [-0.4, -0.2) is 54.4 Å². The molecule has 1 aromatic carbocycles. The minimum absolute atomic E-state index is 0.255. The van der Waals surface area contributed by atoms with Crippen LogP contribution in [0.2, 0.25) is 0 Å². The number of carboxylic acid groups (broad SMARTS) is 1. The molecule has 3 rings (SSSR count). The Labute approximate surface area is 144 Å². The molecule has 22 heavy (non-hydrogen) atoms. The predicted octanol–water partition coefficient (Wildman–Crippen LogP) is 1.70. The Bertz CT molecular complexity index is 720. The SMILES string of the molecule is CCN1/C(=C2\SC(=[Se])N(CC(=O)O)C2=O)Sc2ccccc21. The van der Waals surface area contributed by atoms with Gasteiger partial charge in [0.25, 0.3) is 0 Å². The molecule has 0 bridgehead atoms. The summed E-state index contributed by atoms with van der Waals surface area (Å²) in [5, 5.41) is 9.81. The first-order chi connectivity index (χ1) is 10.5. The average molecular weight is 399 g/mol. The van der Waals surface area contributed by atoms with Crippen molar-refractivity contribution in [2.75, 3.05) is 18.0 Å². The molecule has 1 aromatic rings. The van der Waals surface area contributed by atoms with E-state index in [9.17, 15) is 9.59 Å². The number of benzene rings is 1. The number of hydrogen-bond donors (Lipinski definition) is 1. The molecule has 0 aliphatic carbocycles. The Morgan fingerprint density at radius 3 is 2.68 bits per heavy atom. The summed E-state index contributed by atoms with van der Waals surface area (Å²) in [4.78, 5) is 28.5. The van der Waals surface area contributed by atoms with Crippen molar-refractivity contribution < 1.29 is 14.7 Å². The van der Waals surface area contributed by atoms with Crippen LogP contribution in [0.4, 0.5) is 5.69 Å². The van der Waals surface area contributed by atoms with Crippen LogP contribution in [0.3, 0.4) is 0 Å². The van der Waals surface area contributed by atoms with Crippen LogP contribution in [0.25, 0.3) is 0 Å². The summed E-state index contributed by atoms with van der Waals surface area (Å²) in [7, 11) is 0. The van der Waals surface area contributed by atoms with E-state index in [0.717, 1.165) is 22.2 Å². The fraction of sp³-hybridized carbons (Fsp3) is 0.214. The summed E-state index contributed by atoms with van der Waals surface area (Å²) in [6, 6.07) is 8.00. The van der Waals surface area contributed by atoms with E-state index in [0.29, 0.717) is 8.78 Å². The molecule has 1 saturated heterocycles. The van der Waals surface area contributed by atoms with Crippen LogP contribution >= 0.6 is 23.5 Å². The fourth-order valence-electron chi connectivity index (χ4n) is 2.32. The van der Waals surface area contributed by atoms with Crippen molar-refractivity contribution in [2.45, 2.75) is 11.8 Å². The molecule has 2 heterocycles. The normalized spacial score (nSPS) is 20.8. The van der Waals surface area contributed by atoms with Crippen LogP contribution in [0, 0.1) is 0 Å². The van der Waals surface area contributed by atoms with Crippen molar-refractivity contribution in [3.05, 3.63) is 34.2 Å². The number of hydrogen-bond acceptors (Lipinski definition) is 5. The number of thioether (sulfide) groups is 2. The Kier molecular flexibility index (Phi) is 4.36. The molecule has 5 nitrogen and oxygen atoms in total. The Morgan fingerprint density at radius 1 is 1.27 bits per heavy atom. The van der Waals surface area contributed by atoms with Crippen LogP contribution in [0.15, 0.2) is 39.1 Å². The average Bonchev–Trinajstić information content (AvgIpc) is 2.98. The molecule has 1 fully saturated rings. The van der Waals surface area contributed by atoms with Crippen molar-refractivity contribution in [3.63, 3.8) is 0 Å². The van der Waals surface area contributed by atoms with Crippen molar-refractivity contribution in [1.29, 1.82) is 0 Å². The zero-order valence-corrected chi connectivity index (χ0v) is 15.0. The number of fused-ring (bicyclic) bond motifs is 1. The monoisotopic (exact) mass is 400 g/mol. The van der Waals surface area contributed by atoms with Gasteiger partial charge < -0.3 is 0 Å². The maximum absolute atomic E-state index is 12.6. The van der Waals surface area contributed by atoms with Gasteiger partial charge in [-0.2, -0.15) is 0 Å². The number of amides is 1. The molecule has 0 radical (unpaired) electrons. The predicted molar refractivity (Wildman–Crippen MR) is 90.0 cm³/mol. The van der Waals surface area contributed by atoms with E-state index in [1.807, 2.05) is 31.2 Å². The zero-order valence-electron chi connectivity index (χ0n) is 11.6. The molecule has 2 aliphatic heterocycles. The summed E-state index contributed by atoms with van der Waals surface area (Å²) in [5.41, 5.74) is 1.09. The number of para-hydroxylation sites is 1. The molecule has 114 valence electrons. The van der Waals surface area contributed by atoms with Gasteiger partial charge in [0.2, 0.25) is 0 Å². The van der Waals surface area contributed by atoms with Crippen LogP contribution < -0.4 is 4.90 Å². The fourth-order valence-corrected chi connectivity index (χ4v) is 5.38. The molecule has 1 N–H and O–H groups in total. The molecule has 0 aromatic heterocycles. The molecule has 1 amide bonds. The Balaban J connectivity index is 2.00. The van der Waals surface area contributed by atoms with E-state index >= 15 is 0 Å². The number of rotatable bonds is 3. The third-order valence-corrected chi connectivity index (χ3v) is 6.53. The van der Waals surface area contributed by atoms with E-state index in [1.54, 1.807) is 11.8 Å². The number of nitrogens with zero attached hydrogens (tertiary/aromatic N) is 2. The van der Waals surface area contributed by atoms with Crippen LogP contribution in [-0.2, 0) is 9.59 Å². The third kappa shape index (κ3) is 2.60. The molecule has 0 saturated carbocycles. The van der Waals surface area contributed by atoms with Crippen molar-refractivity contribution >= 4 is 60.5 Å². The zero-order chi connectivity index (χ0) is 15.9. The molecule has 8 heteroatoms. The van der Waals surface area contributed by atoms with E-state index < -0.39 is 5.97 Å². The Morgan fingerprint density at radius 2 is 2.00 bits per heavy atom. The number of aliphatic carboxylic acids is 1. The van der Waals surface area contributed by atoms with Gasteiger partial charge in [0.1, 0.15) is 0 Å². The quantitative estimate of drug-likeness (QED) is 0.617. The summed E-state index contributed by atoms with van der Waals surface area (Å²) in [6.45, 7) is 2.46. The maximum atomic E-state index is 12.6. The van der Waals surface area contributed by atoms with E-state index in [1.165, 1.54) is 16.7 Å². The van der Waals surface area contributed by atoms with Gasteiger partial charge in [-0.25, -0.2) is 0 Å². The topological polar surface area (TPSA) is 60.9 Å². The second kappa shape index (κ2) is 6.12. The van der Waals surface area contributed by atoms with Gasteiger partial charge in [0, 0.05) is 0 Å². The molecule has 0 spiro atoms. The van der Waals surface area contributed by atoms with Gasteiger partial charge in [-0.15, -0.1) is 0 Å². The second-order valence-electron chi connectivity index (χ2n) is 4.60. The van der Waals surface area contributed by atoms with Crippen LogP contribution in [0.1, 0.15) is 6.92 Å². The summed E-state index contributed by atoms with van der Waals surface area (Å²) >= 11 is 5.65. The van der Waals surface area contributed by atoms with Gasteiger partial charge in [-0.1, -0.05) is 0 Å². The Hall–Kier alpha value is -1.21.